The molecule has 2 aromatic heterocycles. The van der Waals surface area contributed by atoms with Crippen molar-refractivity contribution in [1.29, 1.82) is 0 Å². The van der Waals surface area contributed by atoms with Gasteiger partial charge in [-0.05, 0) is 16.8 Å². The molecule has 4 aromatic rings. The first-order valence-corrected chi connectivity index (χ1v) is 8.23. The fraction of sp³-hybridized carbons (Fsp3) is 0.176. The van der Waals surface area contributed by atoms with Gasteiger partial charge in [-0.3, -0.25) is 0 Å². The van der Waals surface area contributed by atoms with E-state index >= 15 is 0 Å². The van der Waals surface area contributed by atoms with Crippen LogP contribution >= 0.6 is 11.3 Å². The zero-order valence-electron chi connectivity index (χ0n) is 12.7. The molecule has 0 aliphatic carbocycles. The predicted molar refractivity (Wildman–Crippen MR) is 94.2 cm³/mol. The summed E-state index contributed by atoms with van der Waals surface area (Å²) in [6.45, 7) is 1.40. The number of hydrogen-bond donors (Lipinski definition) is 1. The number of fused-ring (bicyclic) bond motifs is 2. The lowest BCUT2D eigenvalue weighted by Crippen LogP contribution is -2.07. The van der Waals surface area contributed by atoms with E-state index in [2.05, 4.69) is 57.9 Å². The zero-order valence-corrected chi connectivity index (χ0v) is 13.5. The molecule has 4 rings (SSSR count). The Hall–Kier alpha value is -2.44. The van der Waals surface area contributed by atoms with Gasteiger partial charge in [0.2, 0.25) is 10.1 Å². The van der Waals surface area contributed by atoms with Crippen LogP contribution in [0, 0.1) is 0 Å². The largest absolute Gasteiger partial charge is 0.383 e. The minimum Gasteiger partial charge on any atom is -0.383 e. The normalized spacial score (nSPS) is 11.3. The molecule has 0 aliphatic heterocycles. The number of ether oxygens (including phenoxy) is 1. The molecule has 2 heterocycles. The number of hydrogen-bond acceptors (Lipinski definition) is 5. The number of aromatic nitrogens is 3. The molecule has 23 heavy (non-hydrogen) atoms. The van der Waals surface area contributed by atoms with Crippen molar-refractivity contribution in [2.75, 3.05) is 25.6 Å². The highest BCUT2D eigenvalue weighted by Crippen LogP contribution is 2.26. The first-order valence-electron chi connectivity index (χ1n) is 7.42. The standard InChI is InChI=1S/C17H16N4OS/c1-22-9-8-18-16-20-21-11-15(19-17(21)23-16)14-7-6-12-4-2-3-5-13(12)10-14/h2-7,10-11H,8-9H2,1H3,(H,18,20). The monoisotopic (exact) mass is 324 g/mol. The van der Waals surface area contributed by atoms with E-state index in [9.17, 15) is 0 Å². The fourth-order valence-corrected chi connectivity index (χ4v) is 3.33. The Bertz CT molecular complexity index is 928. The van der Waals surface area contributed by atoms with Crippen LogP contribution in [0.15, 0.2) is 48.7 Å². The average molecular weight is 324 g/mol. The van der Waals surface area contributed by atoms with E-state index in [-0.39, 0.29) is 0 Å². The third-order valence-corrected chi connectivity index (χ3v) is 4.55. The lowest BCUT2D eigenvalue weighted by molar-refractivity contribution is 0.210. The molecule has 0 saturated carbocycles. The molecule has 0 saturated heterocycles. The van der Waals surface area contributed by atoms with Crippen LogP contribution in [0.1, 0.15) is 0 Å². The number of rotatable bonds is 5. The second-order valence-electron chi connectivity index (χ2n) is 5.24. The SMILES string of the molecule is COCCNc1nn2cc(-c3ccc4ccccc4c3)nc2s1. The lowest BCUT2D eigenvalue weighted by Gasteiger charge is -2.01. The number of benzene rings is 2. The van der Waals surface area contributed by atoms with E-state index in [4.69, 9.17) is 4.74 Å². The van der Waals surface area contributed by atoms with Crippen LogP contribution in [0.4, 0.5) is 5.13 Å². The summed E-state index contributed by atoms with van der Waals surface area (Å²) in [5.74, 6) is 0. The molecule has 1 N–H and O–H groups in total. The first kappa shape index (κ1) is 14.2. The Labute approximate surface area is 137 Å². The van der Waals surface area contributed by atoms with E-state index in [1.165, 1.54) is 10.8 Å². The van der Waals surface area contributed by atoms with Gasteiger partial charge in [0, 0.05) is 19.2 Å². The topological polar surface area (TPSA) is 51.5 Å². The van der Waals surface area contributed by atoms with E-state index in [1.807, 2.05) is 10.7 Å². The molecule has 116 valence electrons. The smallest absolute Gasteiger partial charge is 0.214 e. The third-order valence-electron chi connectivity index (χ3n) is 3.67. The van der Waals surface area contributed by atoms with E-state index < -0.39 is 0 Å². The van der Waals surface area contributed by atoms with Crippen molar-refractivity contribution in [3.05, 3.63) is 48.7 Å². The summed E-state index contributed by atoms with van der Waals surface area (Å²) in [6.07, 6.45) is 1.97. The predicted octanol–water partition coefficient (Wildman–Crippen LogP) is 3.67. The van der Waals surface area contributed by atoms with Crippen LogP contribution in [0.3, 0.4) is 0 Å². The Morgan fingerprint density at radius 2 is 2.04 bits per heavy atom. The molecular formula is C17H16N4OS. The van der Waals surface area contributed by atoms with E-state index in [0.29, 0.717) is 6.61 Å². The molecule has 0 unspecified atom stereocenters. The van der Waals surface area contributed by atoms with Crippen LogP contribution in [-0.4, -0.2) is 34.9 Å². The molecular weight excluding hydrogens is 308 g/mol. The summed E-state index contributed by atoms with van der Waals surface area (Å²) in [4.78, 5) is 5.57. The number of nitrogens with one attached hydrogen (secondary N) is 1. The van der Waals surface area contributed by atoms with Crippen molar-refractivity contribution in [3.63, 3.8) is 0 Å². The van der Waals surface area contributed by atoms with Gasteiger partial charge in [-0.2, -0.15) is 0 Å². The fourth-order valence-electron chi connectivity index (χ4n) is 2.52. The zero-order chi connectivity index (χ0) is 15.6. The summed E-state index contributed by atoms with van der Waals surface area (Å²) in [5, 5.41) is 11.0. The summed E-state index contributed by atoms with van der Waals surface area (Å²) >= 11 is 1.54. The molecule has 0 radical (unpaired) electrons. The lowest BCUT2D eigenvalue weighted by atomic mass is 10.1. The molecule has 0 atom stereocenters. The minimum atomic E-state index is 0.657. The summed E-state index contributed by atoms with van der Waals surface area (Å²) in [5.41, 5.74) is 2.05. The molecule has 0 amide bonds. The molecule has 0 spiro atoms. The maximum atomic E-state index is 5.02. The first-order chi connectivity index (χ1) is 11.3. The highest BCUT2D eigenvalue weighted by Gasteiger charge is 2.09. The second-order valence-corrected chi connectivity index (χ2v) is 6.20. The van der Waals surface area contributed by atoms with Gasteiger partial charge in [0.25, 0.3) is 0 Å². The summed E-state index contributed by atoms with van der Waals surface area (Å²) in [6, 6.07) is 14.7. The van der Waals surface area contributed by atoms with Gasteiger partial charge >= 0.3 is 0 Å². The van der Waals surface area contributed by atoms with Gasteiger partial charge in [0.05, 0.1) is 18.5 Å². The Kier molecular flexibility index (Phi) is 3.69. The van der Waals surface area contributed by atoms with Crippen LogP contribution in [0.2, 0.25) is 0 Å². The Morgan fingerprint density at radius 1 is 1.17 bits per heavy atom. The van der Waals surface area contributed by atoms with Gasteiger partial charge in [0.1, 0.15) is 0 Å². The van der Waals surface area contributed by atoms with Crippen molar-refractivity contribution < 1.29 is 4.74 Å². The maximum absolute atomic E-state index is 5.02. The van der Waals surface area contributed by atoms with Crippen LogP contribution < -0.4 is 5.32 Å². The Morgan fingerprint density at radius 3 is 2.87 bits per heavy atom. The van der Waals surface area contributed by atoms with Gasteiger partial charge in [-0.1, -0.05) is 47.7 Å². The maximum Gasteiger partial charge on any atom is 0.214 e. The van der Waals surface area contributed by atoms with Gasteiger partial charge < -0.3 is 10.1 Å². The quantitative estimate of drug-likeness (QED) is 0.569. The van der Waals surface area contributed by atoms with Gasteiger partial charge in [-0.25, -0.2) is 9.50 Å². The van der Waals surface area contributed by atoms with Crippen LogP contribution in [-0.2, 0) is 4.74 Å². The number of nitrogens with zero attached hydrogens (tertiary/aromatic N) is 3. The average Bonchev–Trinajstić information content (AvgIpc) is 3.13. The van der Waals surface area contributed by atoms with E-state index in [1.54, 1.807) is 18.4 Å². The van der Waals surface area contributed by atoms with Gasteiger partial charge in [0.15, 0.2) is 0 Å². The van der Waals surface area contributed by atoms with Crippen molar-refractivity contribution in [3.8, 4) is 11.3 Å². The van der Waals surface area contributed by atoms with Crippen molar-refractivity contribution >= 4 is 32.2 Å². The third kappa shape index (κ3) is 2.78. The highest BCUT2D eigenvalue weighted by molar-refractivity contribution is 7.20. The Balaban J connectivity index is 1.64. The van der Waals surface area contributed by atoms with Crippen molar-refractivity contribution in [2.24, 2.45) is 0 Å². The highest BCUT2D eigenvalue weighted by atomic mass is 32.1. The van der Waals surface area contributed by atoms with Crippen molar-refractivity contribution in [2.45, 2.75) is 0 Å². The number of methoxy groups -OCH3 is 1. The molecule has 6 heteroatoms. The minimum absolute atomic E-state index is 0.657. The van der Waals surface area contributed by atoms with Crippen LogP contribution in [0.5, 0.6) is 0 Å². The number of imidazole rings is 1. The molecule has 0 bridgehead atoms. The van der Waals surface area contributed by atoms with Crippen molar-refractivity contribution in [1.82, 2.24) is 14.6 Å². The van der Waals surface area contributed by atoms with Crippen LogP contribution in [0.25, 0.3) is 27.0 Å². The molecule has 2 aromatic carbocycles. The molecule has 0 aliphatic rings. The number of anilines is 1. The second kappa shape index (κ2) is 5.98. The van der Waals surface area contributed by atoms with E-state index in [0.717, 1.165) is 27.9 Å². The summed E-state index contributed by atoms with van der Waals surface area (Å²) < 4.78 is 6.85. The summed E-state index contributed by atoms with van der Waals surface area (Å²) in [7, 11) is 1.69. The molecule has 5 nitrogen and oxygen atoms in total. The molecule has 0 fully saturated rings. The van der Waals surface area contributed by atoms with Gasteiger partial charge in [-0.15, -0.1) is 5.10 Å².